The maximum absolute atomic E-state index is 2.73. The first-order valence-corrected chi connectivity index (χ1v) is 29.0. The van der Waals surface area contributed by atoms with Crippen LogP contribution in [0.3, 0.4) is 0 Å². The van der Waals surface area contributed by atoms with E-state index in [1.807, 2.05) is 0 Å². The van der Waals surface area contributed by atoms with Crippen molar-refractivity contribution in [3.63, 3.8) is 0 Å². The van der Waals surface area contributed by atoms with Gasteiger partial charge in [0.1, 0.15) is 0 Å². The summed E-state index contributed by atoms with van der Waals surface area (Å²) in [6.07, 6.45) is 10.9. The van der Waals surface area contributed by atoms with Crippen molar-refractivity contribution < 1.29 is 20.4 Å². The Morgan fingerprint density at radius 1 is 0.444 bits per heavy atom. The Kier molecular flexibility index (Phi) is 7.07. The van der Waals surface area contributed by atoms with Gasteiger partial charge in [0.25, 0.3) is 0 Å². The minimum absolute atomic E-state index is 0.565. The van der Waals surface area contributed by atoms with Gasteiger partial charge < -0.3 is 0 Å². The van der Waals surface area contributed by atoms with E-state index >= 15 is 0 Å². The molecule has 12 rings (SSSR count). The van der Waals surface area contributed by atoms with Crippen molar-refractivity contribution in [2.45, 2.75) is 46.0 Å². The molecule has 0 bridgehead atoms. The van der Waals surface area contributed by atoms with Gasteiger partial charge in [-0.2, -0.15) is 0 Å². The third-order valence-electron chi connectivity index (χ3n) is 13.1. The third-order valence-corrected chi connectivity index (χ3v) is 32.4. The van der Waals surface area contributed by atoms with E-state index in [9.17, 15) is 0 Å². The van der Waals surface area contributed by atoms with Crippen LogP contribution in [0.15, 0.2) is 145 Å². The molecule has 2 nitrogen and oxygen atoms in total. The molecule has 2 saturated carbocycles. The molecule has 0 amide bonds. The zero-order valence-corrected chi connectivity index (χ0v) is 34.3. The molecular weight excluding hydrogens is 748 g/mol. The number of nitrogens with zero attached hydrogens (tertiary/aromatic N) is 2. The van der Waals surface area contributed by atoms with Crippen LogP contribution < -0.4 is 0 Å². The molecule has 2 aromatic heterocycles. The molecule has 2 atom stereocenters. The number of rotatable bonds is 6. The molecule has 4 aliphatic rings. The average molecular weight is 790 g/mol. The maximum atomic E-state index is 2.73. The molecule has 0 radical (unpaired) electrons. The Labute approximate surface area is 324 Å². The summed E-state index contributed by atoms with van der Waals surface area (Å²) in [5.41, 5.74) is 17.4. The van der Waals surface area contributed by atoms with Crippen LogP contribution in [-0.4, -0.2) is 14.6 Å². The fourth-order valence-corrected chi connectivity index (χ4v) is 31.1. The van der Waals surface area contributed by atoms with Crippen LogP contribution in [-0.2, 0) is 20.4 Å². The van der Waals surface area contributed by atoms with Gasteiger partial charge >= 0.3 is 327 Å². The van der Waals surface area contributed by atoms with Crippen molar-refractivity contribution >= 4 is 61.2 Å². The van der Waals surface area contributed by atoms with E-state index in [0.717, 1.165) is 11.8 Å². The minimum atomic E-state index is -2.34. The summed E-state index contributed by atoms with van der Waals surface area (Å²) in [5.74, 6) is 1.51. The summed E-state index contributed by atoms with van der Waals surface area (Å²) in [6, 6.07) is 50.8. The summed E-state index contributed by atoms with van der Waals surface area (Å²) in [7, 11) is 0. The van der Waals surface area contributed by atoms with Crippen molar-refractivity contribution in [3.8, 4) is 11.4 Å². The van der Waals surface area contributed by atoms with Gasteiger partial charge in [0, 0.05) is 0 Å². The summed E-state index contributed by atoms with van der Waals surface area (Å²) in [4.78, 5) is 0. The van der Waals surface area contributed by atoms with E-state index < -0.39 is 25.8 Å². The second-order valence-corrected chi connectivity index (χ2v) is 34.3. The van der Waals surface area contributed by atoms with Gasteiger partial charge in [-0.15, -0.1) is 0 Å². The molecule has 8 aromatic rings. The molecule has 260 valence electrons. The van der Waals surface area contributed by atoms with Gasteiger partial charge in [-0.25, -0.2) is 0 Å². The third kappa shape index (κ3) is 4.60. The Balaban J connectivity index is 1.07. The molecule has 54 heavy (non-hydrogen) atoms. The van der Waals surface area contributed by atoms with Crippen LogP contribution in [0.5, 0.6) is 0 Å². The van der Waals surface area contributed by atoms with E-state index in [-0.39, 0.29) is 0 Å². The molecule has 6 aromatic carbocycles. The van der Waals surface area contributed by atoms with Crippen LogP contribution in [0.4, 0.5) is 0 Å². The Morgan fingerprint density at radius 2 is 0.796 bits per heavy atom. The van der Waals surface area contributed by atoms with E-state index in [4.69, 9.17) is 0 Å². The molecule has 4 aliphatic carbocycles. The fraction of sp³-hybridized carbons (Fsp3) is 0.200. The standard InChI is InChI=1S/2C24H18N.C2H6Si.Zr/c2*1-3-9-22-19(7-1)20-8-2-4-10-23(20)25(22)24-11-5-6-17-14-18(15-21(17)24)16-12-13-16;1-3-2;/h2*1-11,14-16H,12-13H2;1-2H3;. The molecule has 0 spiro atoms. The summed E-state index contributed by atoms with van der Waals surface area (Å²) < 4.78 is 6.44. The second-order valence-electron chi connectivity index (χ2n) is 16.5. The van der Waals surface area contributed by atoms with Crippen molar-refractivity contribution in [2.75, 3.05) is 0 Å². The van der Waals surface area contributed by atoms with E-state index in [1.165, 1.54) is 91.8 Å². The fourth-order valence-electron chi connectivity index (χ4n) is 10.6. The zero-order chi connectivity index (χ0) is 35.7. The number of aromatic nitrogens is 2. The molecule has 0 saturated heterocycles. The van der Waals surface area contributed by atoms with E-state index in [2.05, 4.69) is 168 Å². The summed E-state index contributed by atoms with van der Waals surface area (Å²) in [6.45, 7) is 5.41. The van der Waals surface area contributed by atoms with E-state index in [1.54, 1.807) is 22.3 Å². The molecule has 2 fully saturated rings. The summed E-state index contributed by atoms with van der Waals surface area (Å²) in [5, 5.41) is 5.37. The monoisotopic (exact) mass is 788 g/mol. The van der Waals surface area contributed by atoms with Crippen molar-refractivity contribution in [3.05, 3.63) is 167 Å². The van der Waals surface area contributed by atoms with Crippen molar-refractivity contribution in [1.82, 2.24) is 9.13 Å². The molecule has 0 aliphatic heterocycles. The van der Waals surface area contributed by atoms with E-state index in [0.29, 0.717) is 7.25 Å². The van der Waals surface area contributed by atoms with Gasteiger partial charge in [0.05, 0.1) is 0 Å². The van der Waals surface area contributed by atoms with Crippen molar-refractivity contribution in [2.24, 2.45) is 11.8 Å². The van der Waals surface area contributed by atoms with Gasteiger partial charge in [-0.3, -0.25) is 0 Å². The number of para-hydroxylation sites is 4. The van der Waals surface area contributed by atoms with Crippen LogP contribution in [0, 0.1) is 11.8 Å². The molecule has 0 N–H and O–H groups in total. The first-order valence-electron chi connectivity index (χ1n) is 20.0. The predicted molar refractivity (Wildman–Crippen MR) is 226 cm³/mol. The van der Waals surface area contributed by atoms with Crippen LogP contribution in [0.25, 0.3) is 67.1 Å². The molecular formula is C50H42N2SiZr. The topological polar surface area (TPSA) is 9.86 Å². The van der Waals surface area contributed by atoms with Gasteiger partial charge in [-0.05, 0) is 0 Å². The van der Waals surface area contributed by atoms with Gasteiger partial charge in [0.2, 0.25) is 0 Å². The number of fused-ring (bicyclic) bond motifs is 8. The molecule has 2 heterocycles. The number of allylic oxidation sites excluding steroid dienone is 2. The number of hydrogen-bond acceptors (Lipinski definition) is 0. The van der Waals surface area contributed by atoms with Gasteiger partial charge in [-0.1, -0.05) is 0 Å². The normalized spacial score (nSPS) is 19.1. The Hall–Kier alpha value is -4.50. The first-order chi connectivity index (χ1) is 26.7. The average Bonchev–Trinajstić information content (AvgIpc) is 4.11. The quantitative estimate of drug-likeness (QED) is 0.149. The van der Waals surface area contributed by atoms with Crippen LogP contribution in [0.2, 0.25) is 13.1 Å². The first kappa shape index (κ1) is 31.8. The van der Waals surface area contributed by atoms with Crippen LogP contribution in [0.1, 0.15) is 55.2 Å². The zero-order valence-electron chi connectivity index (χ0n) is 30.9. The van der Waals surface area contributed by atoms with Crippen molar-refractivity contribution in [1.29, 1.82) is 0 Å². The second kappa shape index (κ2) is 12.0. The number of benzene rings is 6. The predicted octanol–water partition coefficient (Wildman–Crippen LogP) is 13.1. The SMILES string of the molecule is C[Si](C)=[Zr]([CH]1C(C2CC2)=Cc2c1cccc2-n1c2ccccc2c2ccccc21)[CH]1C(C2CC2)=Cc2c1cccc2-n1c2ccccc2c2ccccc21. The Bertz CT molecular complexity index is 2690. The van der Waals surface area contributed by atoms with Gasteiger partial charge in [0.15, 0.2) is 0 Å². The molecule has 4 heteroatoms. The number of hydrogen-bond donors (Lipinski definition) is 0. The summed E-state index contributed by atoms with van der Waals surface area (Å²) >= 11 is -2.34. The Morgan fingerprint density at radius 3 is 1.13 bits per heavy atom. The van der Waals surface area contributed by atoms with Crippen LogP contribution >= 0.6 is 0 Å². The molecule has 2 unspecified atom stereocenters.